The molecule has 4 heteroatoms. The maximum absolute atomic E-state index is 11.7. The summed E-state index contributed by atoms with van der Waals surface area (Å²) in [6.45, 7) is 6.54. The van der Waals surface area contributed by atoms with Gasteiger partial charge >= 0.3 is 0 Å². The Labute approximate surface area is 97.7 Å². The molecule has 0 unspecified atom stereocenters. The van der Waals surface area contributed by atoms with Gasteiger partial charge in [0.05, 0.1) is 0 Å². The molecule has 0 spiro atoms. The minimum absolute atomic E-state index is 0.421. The van der Waals surface area contributed by atoms with E-state index in [1.54, 1.807) is 0 Å². The molecule has 0 aliphatic rings. The smallest absolute Gasteiger partial charge is 0.261 e. The summed E-state index contributed by atoms with van der Waals surface area (Å²) in [5.41, 5.74) is 0. The Morgan fingerprint density at radius 3 is 2.38 bits per heavy atom. The summed E-state index contributed by atoms with van der Waals surface area (Å²) in [4.78, 5) is 0. The molecule has 16 heavy (non-hydrogen) atoms. The molecule has 0 radical (unpaired) electrons. The molecule has 0 aromatic carbocycles. The number of unbranched alkanes of at least 4 members (excludes halogenated alkanes) is 3. The summed E-state index contributed by atoms with van der Waals surface area (Å²) in [7, 11) is 0. The third-order valence-corrected chi connectivity index (χ3v) is 2.19. The van der Waals surface area contributed by atoms with Gasteiger partial charge in [0, 0.05) is 6.61 Å². The molecule has 0 rings (SSSR count). The summed E-state index contributed by atoms with van der Waals surface area (Å²) in [6, 6.07) is 0. The van der Waals surface area contributed by atoms with Crippen molar-refractivity contribution in [2.45, 2.75) is 46.0 Å². The molecular formula is C12H25F2NO. The molecule has 98 valence electrons. The Balaban J connectivity index is 2.93. The van der Waals surface area contributed by atoms with Crippen LogP contribution < -0.4 is 5.32 Å². The summed E-state index contributed by atoms with van der Waals surface area (Å²) < 4.78 is 28.2. The van der Waals surface area contributed by atoms with Gasteiger partial charge in [-0.3, -0.25) is 0 Å². The maximum Gasteiger partial charge on any atom is 0.261 e. The van der Waals surface area contributed by atoms with E-state index >= 15 is 0 Å². The number of halogens is 2. The van der Waals surface area contributed by atoms with Crippen LogP contribution in [0.4, 0.5) is 8.78 Å². The lowest BCUT2D eigenvalue weighted by Gasteiger charge is -2.07. The first-order valence-corrected chi connectivity index (χ1v) is 6.19. The van der Waals surface area contributed by atoms with Crippen LogP contribution in [-0.4, -0.2) is 32.7 Å². The summed E-state index contributed by atoms with van der Waals surface area (Å²) in [6.07, 6.45) is 1.91. The van der Waals surface area contributed by atoms with Gasteiger partial charge in [0.2, 0.25) is 0 Å². The fourth-order valence-corrected chi connectivity index (χ4v) is 1.37. The van der Waals surface area contributed by atoms with E-state index in [2.05, 4.69) is 19.2 Å². The molecule has 2 nitrogen and oxygen atoms in total. The van der Waals surface area contributed by atoms with Crippen LogP contribution in [0, 0.1) is 5.92 Å². The molecule has 0 bridgehead atoms. The molecule has 0 aromatic heterocycles. The molecule has 0 saturated carbocycles. The van der Waals surface area contributed by atoms with Gasteiger partial charge < -0.3 is 10.1 Å². The van der Waals surface area contributed by atoms with Crippen molar-refractivity contribution in [2.75, 3.05) is 26.3 Å². The van der Waals surface area contributed by atoms with Gasteiger partial charge in [-0.25, -0.2) is 8.78 Å². The number of rotatable bonds is 11. The Kier molecular flexibility index (Phi) is 11.1. The molecule has 0 amide bonds. The second kappa shape index (κ2) is 11.3. The van der Waals surface area contributed by atoms with Crippen LogP contribution >= 0.6 is 0 Å². The van der Waals surface area contributed by atoms with Gasteiger partial charge in [-0.15, -0.1) is 0 Å². The van der Waals surface area contributed by atoms with E-state index in [-0.39, 0.29) is 0 Å². The standard InChI is InChI=1S/C12H25F2NO/c1-11(2)9-15-7-5-3-4-6-8-16-10-12(13)14/h11-12,15H,3-10H2,1-2H3. The van der Waals surface area contributed by atoms with Gasteiger partial charge in [0.1, 0.15) is 6.61 Å². The highest BCUT2D eigenvalue weighted by Gasteiger charge is 2.00. The van der Waals surface area contributed by atoms with Crippen molar-refractivity contribution >= 4 is 0 Å². The lowest BCUT2D eigenvalue weighted by molar-refractivity contribution is 0.0162. The average molecular weight is 237 g/mol. The largest absolute Gasteiger partial charge is 0.376 e. The quantitative estimate of drug-likeness (QED) is 0.558. The Morgan fingerprint density at radius 1 is 1.06 bits per heavy atom. The zero-order valence-electron chi connectivity index (χ0n) is 10.5. The Morgan fingerprint density at radius 2 is 1.75 bits per heavy atom. The van der Waals surface area contributed by atoms with Crippen LogP contribution in [0.25, 0.3) is 0 Å². The average Bonchev–Trinajstić information content (AvgIpc) is 2.20. The maximum atomic E-state index is 11.7. The topological polar surface area (TPSA) is 21.3 Å². The van der Waals surface area contributed by atoms with Crippen LogP contribution in [0.2, 0.25) is 0 Å². The van der Waals surface area contributed by atoms with Crippen LogP contribution in [0.3, 0.4) is 0 Å². The van der Waals surface area contributed by atoms with Gasteiger partial charge in [-0.2, -0.15) is 0 Å². The minimum atomic E-state index is -2.33. The van der Waals surface area contributed by atoms with E-state index in [1.807, 2.05) is 0 Å². The molecule has 0 atom stereocenters. The van der Waals surface area contributed by atoms with E-state index in [0.717, 1.165) is 38.8 Å². The van der Waals surface area contributed by atoms with Crippen molar-refractivity contribution < 1.29 is 13.5 Å². The Bertz CT molecular complexity index is 127. The first-order valence-electron chi connectivity index (χ1n) is 6.19. The molecule has 0 aromatic rings. The first-order chi connectivity index (χ1) is 7.63. The normalized spacial score (nSPS) is 11.6. The van der Waals surface area contributed by atoms with Crippen LogP contribution in [0.1, 0.15) is 39.5 Å². The number of hydrogen-bond donors (Lipinski definition) is 1. The van der Waals surface area contributed by atoms with Crippen molar-refractivity contribution in [3.05, 3.63) is 0 Å². The predicted octanol–water partition coefficient (Wildman–Crippen LogP) is 3.07. The van der Waals surface area contributed by atoms with E-state index in [4.69, 9.17) is 4.74 Å². The lowest BCUT2D eigenvalue weighted by Crippen LogP contribution is -2.20. The molecule has 0 fully saturated rings. The van der Waals surface area contributed by atoms with E-state index in [9.17, 15) is 8.78 Å². The third-order valence-electron chi connectivity index (χ3n) is 2.19. The lowest BCUT2D eigenvalue weighted by atomic mass is 10.2. The van der Waals surface area contributed by atoms with Crippen LogP contribution in [0.5, 0.6) is 0 Å². The van der Waals surface area contributed by atoms with Crippen LogP contribution in [-0.2, 0) is 4.74 Å². The summed E-state index contributed by atoms with van der Waals surface area (Å²) >= 11 is 0. The zero-order valence-corrected chi connectivity index (χ0v) is 10.5. The molecule has 0 saturated heterocycles. The van der Waals surface area contributed by atoms with Crippen LogP contribution in [0.15, 0.2) is 0 Å². The third kappa shape index (κ3) is 13.8. The molecule has 0 aliphatic heterocycles. The minimum Gasteiger partial charge on any atom is -0.376 e. The highest BCUT2D eigenvalue weighted by molar-refractivity contribution is 4.52. The summed E-state index contributed by atoms with van der Waals surface area (Å²) in [5.74, 6) is 0.697. The van der Waals surface area contributed by atoms with Gasteiger partial charge in [-0.1, -0.05) is 26.7 Å². The monoisotopic (exact) mass is 237 g/mol. The highest BCUT2D eigenvalue weighted by atomic mass is 19.3. The van der Waals surface area contributed by atoms with Crippen molar-refractivity contribution in [3.8, 4) is 0 Å². The van der Waals surface area contributed by atoms with Gasteiger partial charge in [0.15, 0.2) is 0 Å². The second-order valence-corrected chi connectivity index (χ2v) is 4.48. The second-order valence-electron chi connectivity index (χ2n) is 4.48. The van der Waals surface area contributed by atoms with E-state index < -0.39 is 13.0 Å². The first kappa shape index (κ1) is 15.8. The number of alkyl halides is 2. The Hall–Kier alpha value is -0.220. The highest BCUT2D eigenvalue weighted by Crippen LogP contribution is 2.01. The number of nitrogens with one attached hydrogen (secondary N) is 1. The van der Waals surface area contributed by atoms with Crippen molar-refractivity contribution in [2.24, 2.45) is 5.92 Å². The summed E-state index contributed by atoms with van der Waals surface area (Å²) in [5, 5.41) is 3.37. The number of hydrogen-bond acceptors (Lipinski definition) is 2. The van der Waals surface area contributed by atoms with E-state index in [0.29, 0.717) is 12.5 Å². The van der Waals surface area contributed by atoms with Gasteiger partial charge in [0.25, 0.3) is 6.43 Å². The molecule has 0 aliphatic carbocycles. The molecular weight excluding hydrogens is 212 g/mol. The van der Waals surface area contributed by atoms with Crippen molar-refractivity contribution in [1.29, 1.82) is 0 Å². The fourth-order valence-electron chi connectivity index (χ4n) is 1.37. The predicted molar refractivity (Wildman–Crippen MR) is 63.0 cm³/mol. The van der Waals surface area contributed by atoms with E-state index in [1.165, 1.54) is 0 Å². The molecule has 1 N–H and O–H groups in total. The fraction of sp³-hybridized carbons (Fsp3) is 1.00. The van der Waals surface area contributed by atoms with Crippen molar-refractivity contribution in [1.82, 2.24) is 5.32 Å². The van der Waals surface area contributed by atoms with Crippen molar-refractivity contribution in [3.63, 3.8) is 0 Å². The van der Waals surface area contributed by atoms with Gasteiger partial charge in [-0.05, 0) is 31.8 Å². The number of ether oxygens (including phenoxy) is 1. The molecule has 0 heterocycles. The SMILES string of the molecule is CC(C)CNCCCCCCOCC(F)F. The zero-order chi connectivity index (χ0) is 12.2.